The summed E-state index contributed by atoms with van der Waals surface area (Å²) in [6, 6.07) is 6.09. The Kier molecular flexibility index (Phi) is 4.16. The van der Waals surface area contributed by atoms with Crippen molar-refractivity contribution in [3.8, 4) is 17.9 Å². The molecule has 1 aromatic rings. The van der Waals surface area contributed by atoms with Gasteiger partial charge in [-0.2, -0.15) is 5.26 Å². The average Bonchev–Trinajstić information content (AvgIpc) is 2.21. The molecule has 70 valence electrons. The molecule has 3 heteroatoms. The smallest absolute Gasteiger partial charge is 0.138 e. The second kappa shape index (κ2) is 5.42. The van der Waals surface area contributed by atoms with E-state index < -0.39 is 0 Å². The maximum absolute atomic E-state index is 13.1. The van der Waals surface area contributed by atoms with E-state index in [0.29, 0.717) is 12.0 Å². The van der Waals surface area contributed by atoms with Crippen LogP contribution in [0.5, 0.6) is 0 Å². The third-order valence-corrected chi connectivity index (χ3v) is 1.93. The van der Waals surface area contributed by atoms with E-state index in [9.17, 15) is 4.39 Å². The molecule has 14 heavy (non-hydrogen) atoms. The van der Waals surface area contributed by atoms with Crippen LogP contribution in [0.25, 0.3) is 0 Å². The first-order chi connectivity index (χ1) is 6.77. The molecular weight excluding hydrogens is 245 g/mol. The molecule has 0 amide bonds. The number of hydrogen-bond acceptors (Lipinski definition) is 1. The summed E-state index contributed by atoms with van der Waals surface area (Å²) in [5, 5.41) is 9.36. The fourth-order valence-corrected chi connectivity index (χ4v) is 1.09. The molecule has 0 bridgehead atoms. The third kappa shape index (κ3) is 2.87. The van der Waals surface area contributed by atoms with Gasteiger partial charge in [0.05, 0.1) is 17.2 Å². The molecule has 0 unspecified atom stereocenters. The van der Waals surface area contributed by atoms with Gasteiger partial charge >= 0.3 is 0 Å². The maximum Gasteiger partial charge on any atom is 0.138 e. The van der Waals surface area contributed by atoms with Crippen molar-refractivity contribution < 1.29 is 4.39 Å². The zero-order valence-electron chi connectivity index (χ0n) is 7.35. The lowest BCUT2D eigenvalue weighted by molar-refractivity contribution is 0.624. The van der Waals surface area contributed by atoms with Crippen LogP contribution in [0.1, 0.15) is 17.5 Å². The Labute approximate surface area is 90.7 Å². The summed E-state index contributed by atoms with van der Waals surface area (Å²) in [4.78, 5) is 0. The van der Waals surface area contributed by atoms with Crippen LogP contribution in [0.15, 0.2) is 18.2 Å². The van der Waals surface area contributed by atoms with E-state index in [1.165, 1.54) is 18.2 Å². The molecule has 0 aromatic heterocycles. The number of halogens is 2. The van der Waals surface area contributed by atoms with Crippen molar-refractivity contribution in [2.24, 2.45) is 0 Å². The highest BCUT2D eigenvalue weighted by atomic mass is 79.9. The van der Waals surface area contributed by atoms with E-state index in [1.807, 2.05) is 6.07 Å². The minimum Gasteiger partial charge on any atom is -0.206 e. The van der Waals surface area contributed by atoms with E-state index in [1.54, 1.807) is 0 Å². The van der Waals surface area contributed by atoms with Gasteiger partial charge in [-0.25, -0.2) is 4.39 Å². The zero-order valence-corrected chi connectivity index (χ0v) is 8.94. The Bertz CT molecular complexity index is 423. The predicted octanol–water partition coefficient (Wildman–Crippen LogP) is 2.83. The fourth-order valence-electron chi connectivity index (χ4n) is 0.896. The molecule has 0 radical (unpaired) electrons. The lowest BCUT2D eigenvalue weighted by Gasteiger charge is -1.93. The highest BCUT2D eigenvalue weighted by Crippen LogP contribution is 2.08. The van der Waals surface area contributed by atoms with Gasteiger partial charge in [0.2, 0.25) is 0 Å². The number of nitriles is 1. The van der Waals surface area contributed by atoms with Crippen LogP contribution in [0.4, 0.5) is 4.39 Å². The van der Waals surface area contributed by atoms with Crippen molar-refractivity contribution in [1.29, 1.82) is 5.26 Å². The van der Waals surface area contributed by atoms with Gasteiger partial charge in [-0.1, -0.05) is 27.8 Å². The Morgan fingerprint density at radius 3 is 2.86 bits per heavy atom. The van der Waals surface area contributed by atoms with Crippen molar-refractivity contribution in [2.75, 3.05) is 5.33 Å². The van der Waals surface area contributed by atoms with Gasteiger partial charge < -0.3 is 0 Å². The largest absolute Gasteiger partial charge is 0.206 e. The predicted molar refractivity (Wildman–Crippen MR) is 56.4 cm³/mol. The Balaban J connectivity index is 2.98. The van der Waals surface area contributed by atoms with Crippen LogP contribution in [0.3, 0.4) is 0 Å². The number of rotatable bonds is 1. The van der Waals surface area contributed by atoms with E-state index in [2.05, 4.69) is 27.8 Å². The van der Waals surface area contributed by atoms with Gasteiger partial charge in [-0.15, -0.1) is 0 Å². The first kappa shape index (κ1) is 10.8. The van der Waals surface area contributed by atoms with Crippen molar-refractivity contribution in [2.45, 2.75) is 6.42 Å². The van der Waals surface area contributed by atoms with Crippen molar-refractivity contribution in [3.05, 3.63) is 35.1 Å². The van der Waals surface area contributed by atoms with Gasteiger partial charge in [0.15, 0.2) is 0 Å². The fraction of sp³-hybridized carbons (Fsp3) is 0.182. The van der Waals surface area contributed by atoms with E-state index in [0.717, 1.165) is 5.33 Å². The van der Waals surface area contributed by atoms with Gasteiger partial charge in [-0.05, 0) is 18.2 Å². The molecule has 0 heterocycles. The quantitative estimate of drug-likeness (QED) is 0.557. The molecule has 0 saturated carbocycles. The molecule has 1 nitrogen and oxygen atoms in total. The van der Waals surface area contributed by atoms with Gasteiger partial charge in [0.25, 0.3) is 0 Å². The van der Waals surface area contributed by atoms with Crippen LogP contribution in [0, 0.1) is 29.0 Å². The Hall–Kier alpha value is -1.32. The SMILES string of the molecule is N#Cc1ccc(F)c(C#CCCBr)c1. The average molecular weight is 252 g/mol. The lowest BCUT2D eigenvalue weighted by atomic mass is 10.1. The highest BCUT2D eigenvalue weighted by molar-refractivity contribution is 9.09. The molecule has 1 aromatic carbocycles. The van der Waals surface area contributed by atoms with Crippen molar-refractivity contribution >= 4 is 15.9 Å². The molecule has 1 rings (SSSR count). The summed E-state index contributed by atoms with van der Waals surface area (Å²) in [5.41, 5.74) is 0.708. The molecular formula is C11H7BrFN. The number of alkyl halides is 1. The van der Waals surface area contributed by atoms with E-state index in [-0.39, 0.29) is 11.4 Å². The molecule has 0 fully saturated rings. The zero-order chi connectivity index (χ0) is 10.4. The van der Waals surface area contributed by atoms with Crippen LogP contribution in [-0.4, -0.2) is 5.33 Å². The first-order valence-electron chi connectivity index (χ1n) is 4.02. The van der Waals surface area contributed by atoms with Crippen molar-refractivity contribution in [3.63, 3.8) is 0 Å². The monoisotopic (exact) mass is 251 g/mol. The molecule has 0 saturated heterocycles. The maximum atomic E-state index is 13.1. The van der Waals surface area contributed by atoms with E-state index in [4.69, 9.17) is 5.26 Å². The van der Waals surface area contributed by atoms with Crippen LogP contribution < -0.4 is 0 Å². The first-order valence-corrected chi connectivity index (χ1v) is 5.14. The minimum absolute atomic E-state index is 0.282. The van der Waals surface area contributed by atoms with Crippen LogP contribution in [-0.2, 0) is 0 Å². The lowest BCUT2D eigenvalue weighted by Crippen LogP contribution is -1.85. The molecule has 0 N–H and O–H groups in total. The van der Waals surface area contributed by atoms with Gasteiger partial charge in [-0.3, -0.25) is 0 Å². The number of benzene rings is 1. The van der Waals surface area contributed by atoms with Gasteiger partial charge in [0.1, 0.15) is 5.82 Å². The molecule has 0 atom stereocenters. The van der Waals surface area contributed by atoms with Gasteiger partial charge in [0, 0.05) is 11.8 Å². The summed E-state index contributed by atoms with van der Waals surface area (Å²) in [7, 11) is 0. The second-order valence-electron chi connectivity index (χ2n) is 2.55. The summed E-state index contributed by atoms with van der Waals surface area (Å²) in [6.45, 7) is 0. The summed E-state index contributed by atoms with van der Waals surface area (Å²) in [5.74, 6) is 5.10. The molecule has 0 aliphatic rings. The molecule has 0 aliphatic carbocycles. The number of nitrogens with zero attached hydrogens (tertiary/aromatic N) is 1. The highest BCUT2D eigenvalue weighted by Gasteiger charge is 1.99. The van der Waals surface area contributed by atoms with Crippen LogP contribution in [0.2, 0.25) is 0 Å². The topological polar surface area (TPSA) is 23.8 Å². The standard InChI is InChI=1S/C11H7BrFN/c12-6-2-1-3-10-7-9(8-14)4-5-11(10)13/h4-5,7H,2,6H2. The second-order valence-corrected chi connectivity index (χ2v) is 3.34. The summed E-state index contributed by atoms with van der Waals surface area (Å²) >= 11 is 3.22. The number of hydrogen-bond donors (Lipinski definition) is 0. The Morgan fingerprint density at radius 2 is 2.21 bits per heavy atom. The molecule has 0 spiro atoms. The Morgan fingerprint density at radius 1 is 1.43 bits per heavy atom. The summed E-state index contributed by atoms with van der Waals surface area (Å²) in [6.07, 6.45) is 0.663. The van der Waals surface area contributed by atoms with E-state index >= 15 is 0 Å². The van der Waals surface area contributed by atoms with Crippen LogP contribution >= 0.6 is 15.9 Å². The molecule has 0 aliphatic heterocycles. The third-order valence-electron chi connectivity index (χ3n) is 1.54. The minimum atomic E-state index is -0.383. The normalized spacial score (nSPS) is 8.64. The van der Waals surface area contributed by atoms with Crippen molar-refractivity contribution in [1.82, 2.24) is 0 Å². The summed E-state index contributed by atoms with van der Waals surface area (Å²) < 4.78 is 13.1.